The number of aromatic nitrogens is 3. The quantitative estimate of drug-likeness (QED) is 0.307. The topological polar surface area (TPSA) is 70.4 Å². The van der Waals surface area contributed by atoms with Gasteiger partial charge in [-0.05, 0) is 26.2 Å². The average Bonchev–Trinajstić information content (AvgIpc) is 3.23. The fourth-order valence-corrected chi connectivity index (χ4v) is 6.16. The SMILES string of the molecule is CCNC(=NCC1(N2CCSCC2)CCCCC1)NC1CCc2nc(C(C)C)nn2C1.I. The molecule has 4 rings (SSSR count). The third-order valence-electron chi connectivity index (χ3n) is 7.07. The summed E-state index contributed by atoms with van der Waals surface area (Å²) >= 11 is 2.10. The Bertz CT molecular complexity index is 739. The molecule has 2 fully saturated rings. The van der Waals surface area contributed by atoms with E-state index in [1.807, 2.05) is 0 Å². The van der Waals surface area contributed by atoms with E-state index in [2.05, 4.69) is 52.7 Å². The second kappa shape index (κ2) is 12.2. The highest BCUT2D eigenvalue weighted by molar-refractivity contribution is 14.0. The maximum absolute atomic E-state index is 5.17. The molecule has 32 heavy (non-hydrogen) atoms. The molecule has 3 heterocycles. The zero-order chi connectivity index (χ0) is 21.7. The van der Waals surface area contributed by atoms with Gasteiger partial charge in [-0.1, -0.05) is 33.1 Å². The molecular weight excluding hydrogens is 533 g/mol. The summed E-state index contributed by atoms with van der Waals surface area (Å²) in [5.41, 5.74) is 0.263. The van der Waals surface area contributed by atoms with Gasteiger partial charge < -0.3 is 10.6 Å². The van der Waals surface area contributed by atoms with Gasteiger partial charge in [-0.2, -0.15) is 16.9 Å². The van der Waals surface area contributed by atoms with Gasteiger partial charge in [0.2, 0.25) is 0 Å². The molecule has 1 unspecified atom stereocenters. The van der Waals surface area contributed by atoms with E-state index in [1.165, 1.54) is 56.7 Å². The minimum Gasteiger partial charge on any atom is -0.357 e. The predicted octanol–water partition coefficient (Wildman–Crippen LogP) is 3.64. The maximum atomic E-state index is 5.17. The molecule has 0 amide bonds. The number of rotatable bonds is 6. The first-order valence-corrected chi connectivity index (χ1v) is 13.6. The molecule has 0 radical (unpaired) electrons. The number of aliphatic imine (C=N–C) groups is 1. The number of nitrogens with one attached hydrogen (secondary N) is 2. The Labute approximate surface area is 215 Å². The molecule has 1 aliphatic carbocycles. The number of hydrogen-bond donors (Lipinski definition) is 2. The smallest absolute Gasteiger partial charge is 0.191 e. The molecule has 1 atom stereocenters. The molecule has 1 saturated carbocycles. The Morgan fingerprint density at radius 2 is 1.97 bits per heavy atom. The molecule has 9 heteroatoms. The lowest BCUT2D eigenvalue weighted by Gasteiger charge is -2.47. The second-order valence-corrected chi connectivity index (χ2v) is 10.9. The first-order chi connectivity index (χ1) is 15.1. The van der Waals surface area contributed by atoms with Crippen molar-refractivity contribution in [1.29, 1.82) is 0 Å². The van der Waals surface area contributed by atoms with E-state index in [0.717, 1.165) is 50.1 Å². The van der Waals surface area contributed by atoms with Gasteiger partial charge in [0, 0.05) is 55.1 Å². The van der Waals surface area contributed by atoms with Gasteiger partial charge in [0.15, 0.2) is 11.8 Å². The van der Waals surface area contributed by atoms with Crippen LogP contribution in [-0.4, -0.2) is 74.9 Å². The zero-order valence-electron chi connectivity index (χ0n) is 20.1. The number of guanidine groups is 1. The van der Waals surface area contributed by atoms with Gasteiger partial charge in [0.25, 0.3) is 0 Å². The van der Waals surface area contributed by atoms with Crippen LogP contribution < -0.4 is 10.6 Å². The summed E-state index contributed by atoms with van der Waals surface area (Å²) in [6.07, 6.45) is 8.72. The minimum atomic E-state index is 0. The largest absolute Gasteiger partial charge is 0.357 e. The average molecular weight is 576 g/mol. The third kappa shape index (κ3) is 6.31. The lowest BCUT2D eigenvalue weighted by molar-refractivity contribution is 0.0671. The summed E-state index contributed by atoms with van der Waals surface area (Å²) in [6.45, 7) is 11.6. The van der Waals surface area contributed by atoms with Crippen molar-refractivity contribution in [2.45, 2.75) is 89.8 Å². The molecule has 182 valence electrons. The Kier molecular flexibility index (Phi) is 9.97. The van der Waals surface area contributed by atoms with Crippen molar-refractivity contribution in [2.75, 3.05) is 37.7 Å². The Morgan fingerprint density at radius 3 is 2.66 bits per heavy atom. The molecular formula is C23H42IN7S. The molecule has 0 aromatic carbocycles. The van der Waals surface area contributed by atoms with E-state index >= 15 is 0 Å². The Balaban J connectivity index is 0.00000289. The standard InChI is InChI=1S/C23H41N7S.HI/c1-4-24-22(26-19-8-9-20-27-21(18(2)3)28-30(20)16-19)25-17-23(10-6-5-7-11-23)29-12-14-31-15-13-29;/h18-19H,4-17H2,1-3H3,(H2,24,25,26);1H. The van der Waals surface area contributed by atoms with Crippen LogP contribution in [0.15, 0.2) is 4.99 Å². The van der Waals surface area contributed by atoms with Crippen LogP contribution in [0.1, 0.15) is 76.9 Å². The predicted molar refractivity (Wildman–Crippen MR) is 145 cm³/mol. The fourth-order valence-electron chi connectivity index (χ4n) is 5.25. The van der Waals surface area contributed by atoms with Crippen LogP contribution in [0.4, 0.5) is 0 Å². The van der Waals surface area contributed by atoms with Gasteiger partial charge >= 0.3 is 0 Å². The molecule has 0 bridgehead atoms. The number of fused-ring (bicyclic) bond motifs is 1. The van der Waals surface area contributed by atoms with E-state index in [-0.39, 0.29) is 29.5 Å². The van der Waals surface area contributed by atoms with Gasteiger partial charge in [-0.25, -0.2) is 9.67 Å². The highest BCUT2D eigenvalue weighted by Crippen LogP contribution is 2.35. The van der Waals surface area contributed by atoms with Gasteiger partial charge in [-0.15, -0.1) is 24.0 Å². The number of thioether (sulfide) groups is 1. The Morgan fingerprint density at radius 1 is 1.22 bits per heavy atom. The number of aryl methyl sites for hydroxylation is 1. The van der Waals surface area contributed by atoms with Crippen molar-refractivity contribution in [3.63, 3.8) is 0 Å². The molecule has 7 nitrogen and oxygen atoms in total. The number of hydrogen-bond acceptors (Lipinski definition) is 5. The summed E-state index contributed by atoms with van der Waals surface area (Å²) < 4.78 is 2.11. The van der Waals surface area contributed by atoms with Gasteiger partial charge in [-0.3, -0.25) is 9.89 Å². The van der Waals surface area contributed by atoms with Crippen molar-refractivity contribution in [2.24, 2.45) is 4.99 Å². The van der Waals surface area contributed by atoms with Crippen LogP contribution in [0.25, 0.3) is 0 Å². The molecule has 1 saturated heterocycles. The van der Waals surface area contributed by atoms with Crippen molar-refractivity contribution < 1.29 is 0 Å². The summed E-state index contributed by atoms with van der Waals surface area (Å²) in [4.78, 5) is 12.7. The van der Waals surface area contributed by atoms with Crippen LogP contribution in [0.3, 0.4) is 0 Å². The molecule has 2 aliphatic heterocycles. The molecule has 1 aromatic rings. The lowest BCUT2D eigenvalue weighted by Crippen LogP contribution is -2.56. The normalized spacial score (nSPS) is 24.0. The Hall–Kier alpha value is -0.550. The van der Waals surface area contributed by atoms with E-state index in [9.17, 15) is 0 Å². The molecule has 3 aliphatic rings. The van der Waals surface area contributed by atoms with Crippen molar-refractivity contribution in [3.05, 3.63) is 11.6 Å². The van der Waals surface area contributed by atoms with Gasteiger partial charge in [0.05, 0.1) is 13.1 Å². The maximum Gasteiger partial charge on any atom is 0.191 e. The summed E-state index contributed by atoms with van der Waals surface area (Å²) in [5, 5.41) is 12.0. The van der Waals surface area contributed by atoms with Crippen LogP contribution in [0.2, 0.25) is 0 Å². The van der Waals surface area contributed by atoms with Crippen molar-refractivity contribution >= 4 is 41.7 Å². The fraction of sp³-hybridized carbons (Fsp3) is 0.870. The van der Waals surface area contributed by atoms with Crippen LogP contribution in [-0.2, 0) is 13.0 Å². The van der Waals surface area contributed by atoms with E-state index in [0.29, 0.717) is 12.0 Å². The highest BCUT2D eigenvalue weighted by atomic mass is 127. The monoisotopic (exact) mass is 575 g/mol. The van der Waals surface area contributed by atoms with Crippen LogP contribution in [0, 0.1) is 0 Å². The highest BCUT2D eigenvalue weighted by Gasteiger charge is 2.38. The summed E-state index contributed by atoms with van der Waals surface area (Å²) in [6, 6.07) is 0.348. The minimum absolute atomic E-state index is 0. The van der Waals surface area contributed by atoms with Crippen molar-refractivity contribution in [1.82, 2.24) is 30.3 Å². The van der Waals surface area contributed by atoms with E-state index in [1.54, 1.807) is 0 Å². The van der Waals surface area contributed by atoms with Gasteiger partial charge in [0.1, 0.15) is 5.82 Å². The number of halogens is 1. The lowest BCUT2D eigenvalue weighted by atomic mass is 9.80. The second-order valence-electron chi connectivity index (χ2n) is 9.68. The summed E-state index contributed by atoms with van der Waals surface area (Å²) in [7, 11) is 0. The molecule has 2 N–H and O–H groups in total. The van der Waals surface area contributed by atoms with E-state index in [4.69, 9.17) is 15.1 Å². The number of nitrogens with zero attached hydrogens (tertiary/aromatic N) is 5. The van der Waals surface area contributed by atoms with Crippen molar-refractivity contribution in [3.8, 4) is 0 Å². The third-order valence-corrected chi connectivity index (χ3v) is 8.02. The van der Waals surface area contributed by atoms with Crippen LogP contribution in [0.5, 0.6) is 0 Å². The van der Waals surface area contributed by atoms with E-state index < -0.39 is 0 Å². The first kappa shape index (κ1) is 26.1. The molecule has 0 spiro atoms. The first-order valence-electron chi connectivity index (χ1n) is 12.4. The summed E-state index contributed by atoms with van der Waals surface area (Å²) in [5.74, 6) is 5.98. The zero-order valence-corrected chi connectivity index (χ0v) is 23.3. The molecule has 1 aromatic heterocycles. The van der Waals surface area contributed by atoms with Crippen LogP contribution >= 0.6 is 35.7 Å².